The Kier molecular flexibility index (Phi) is 6.26. The third kappa shape index (κ3) is 5.43. The molecule has 0 rings (SSSR count). The van der Waals surface area contributed by atoms with Crippen LogP contribution in [0.3, 0.4) is 0 Å². The van der Waals surface area contributed by atoms with Gasteiger partial charge in [-0.15, -0.1) is 0 Å². The summed E-state index contributed by atoms with van der Waals surface area (Å²) >= 11 is 0. The third-order valence-electron chi connectivity index (χ3n) is 0.978. The Morgan fingerprint density at radius 1 is 1.23 bits per heavy atom. The Balaban J connectivity index is 3.95. The molecule has 0 unspecified atom stereocenters. The van der Waals surface area contributed by atoms with Crippen LogP contribution in [-0.4, -0.2) is 30.6 Å². The van der Waals surface area contributed by atoms with Gasteiger partial charge in [0.15, 0.2) is 0 Å². The number of amides is 1. The van der Waals surface area contributed by atoms with Crippen molar-refractivity contribution in [1.29, 1.82) is 0 Å². The van der Waals surface area contributed by atoms with Crippen LogP contribution in [0, 0.1) is 0 Å². The third-order valence-corrected chi connectivity index (χ3v) is 0.978. The molecular formula is C8H17NO4. The smallest absolute Gasteiger partial charge is 0.444 e. The predicted octanol–water partition coefficient (Wildman–Crippen LogP) is 1.74. The highest BCUT2D eigenvalue weighted by Crippen LogP contribution is 2.00. The molecule has 13 heavy (non-hydrogen) atoms. The van der Waals surface area contributed by atoms with Crippen molar-refractivity contribution in [3.05, 3.63) is 0 Å². The van der Waals surface area contributed by atoms with Gasteiger partial charge < -0.3 is 4.74 Å². The van der Waals surface area contributed by atoms with E-state index in [2.05, 4.69) is 0 Å². The summed E-state index contributed by atoms with van der Waals surface area (Å²) in [5.74, 6) is 0. The second-order valence-corrected chi connectivity index (χ2v) is 2.53. The van der Waals surface area contributed by atoms with Crippen molar-refractivity contribution in [2.75, 3.05) is 13.2 Å². The zero-order valence-corrected chi connectivity index (χ0v) is 8.57. The lowest BCUT2D eigenvalue weighted by Crippen LogP contribution is -2.33. The van der Waals surface area contributed by atoms with Gasteiger partial charge in [-0.05, 0) is 32.9 Å². The minimum absolute atomic E-state index is 0.184. The molecule has 0 heterocycles. The van der Waals surface area contributed by atoms with E-state index in [-0.39, 0.29) is 6.10 Å². The van der Waals surface area contributed by atoms with E-state index in [1.54, 1.807) is 27.7 Å². The summed E-state index contributed by atoms with van der Waals surface area (Å²) in [6, 6.07) is 0. The molecule has 0 aliphatic rings. The SMILES string of the molecule is CCON(OCC)C(=O)OC(C)C. The highest BCUT2D eigenvalue weighted by molar-refractivity contribution is 5.65. The average molecular weight is 191 g/mol. The number of carbonyl (C=O) groups is 1. The second kappa shape index (κ2) is 6.68. The maximum atomic E-state index is 11.2. The Morgan fingerprint density at radius 2 is 1.69 bits per heavy atom. The van der Waals surface area contributed by atoms with E-state index in [0.29, 0.717) is 13.2 Å². The summed E-state index contributed by atoms with van der Waals surface area (Å²) in [4.78, 5) is 21.0. The largest absolute Gasteiger partial charge is 0.460 e. The van der Waals surface area contributed by atoms with E-state index in [0.717, 1.165) is 5.23 Å². The van der Waals surface area contributed by atoms with Crippen molar-refractivity contribution < 1.29 is 19.2 Å². The van der Waals surface area contributed by atoms with Crippen LogP contribution in [0.5, 0.6) is 0 Å². The molecule has 1 amide bonds. The fraction of sp³-hybridized carbons (Fsp3) is 0.875. The number of nitrogens with zero attached hydrogens (tertiary/aromatic N) is 1. The van der Waals surface area contributed by atoms with Gasteiger partial charge in [0, 0.05) is 0 Å². The lowest BCUT2D eigenvalue weighted by molar-refractivity contribution is -0.333. The highest BCUT2D eigenvalue weighted by Gasteiger charge is 2.17. The fourth-order valence-electron chi connectivity index (χ4n) is 0.622. The van der Waals surface area contributed by atoms with E-state index >= 15 is 0 Å². The first-order valence-corrected chi connectivity index (χ1v) is 4.38. The number of hydroxylamine groups is 2. The predicted molar refractivity (Wildman–Crippen MR) is 46.7 cm³/mol. The molecule has 0 aromatic rings. The van der Waals surface area contributed by atoms with E-state index in [1.165, 1.54) is 0 Å². The van der Waals surface area contributed by atoms with Crippen molar-refractivity contribution in [2.45, 2.75) is 33.8 Å². The molecule has 0 saturated carbocycles. The molecule has 0 aromatic heterocycles. The topological polar surface area (TPSA) is 48.0 Å². The van der Waals surface area contributed by atoms with E-state index in [4.69, 9.17) is 14.4 Å². The van der Waals surface area contributed by atoms with Crippen LogP contribution in [0.4, 0.5) is 4.79 Å². The van der Waals surface area contributed by atoms with Gasteiger partial charge in [0.2, 0.25) is 0 Å². The zero-order chi connectivity index (χ0) is 10.3. The zero-order valence-electron chi connectivity index (χ0n) is 8.57. The van der Waals surface area contributed by atoms with Crippen molar-refractivity contribution >= 4 is 6.09 Å². The van der Waals surface area contributed by atoms with Crippen LogP contribution in [0.2, 0.25) is 0 Å². The average Bonchev–Trinajstić information content (AvgIpc) is 2.02. The van der Waals surface area contributed by atoms with Gasteiger partial charge in [0.1, 0.15) is 0 Å². The van der Waals surface area contributed by atoms with E-state index in [9.17, 15) is 4.79 Å². The summed E-state index contributed by atoms with van der Waals surface area (Å²) in [6.45, 7) is 7.74. The molecule has 0 spiro atoms. The van der Waals surface area contributed by atoms with Crippen LogP contribution < -0.4 is 0 Å². The van der Waals surface area contributed by atoms with Crippen molar-refractivity contribution in [1.82, 2.24) is 5.23 Å². The van der Waals surface area contributed by atoms with Gasteiger partial charge in [0.25, 0.3) is 0 Å². The Bertz CT molecular complexity index is 143. The summed E-state index contributed by atoms with van der Waals surface area (Å²) in [5, 5.41) is 0.764. The molecule has 5 heteroatoms. The Labute approximate surface area is 78.5 Å². The lowest BCUT2D eigenvalue weighted by atomic mass is 10.5. The molecule has 0 aliphatic carbocycles. The monoisotopic (exact) mass is 191 g/mol. The van der Waals surface area contributed by atoms with Crippen LogP contribution in [-0.2, 0) is 14.4 Å². The van der Waals surface area contributed by atoms with Crippen molar-refractivity contribution in [2.24, 2.45) is 0 Å². The van der Waals surface area contributed by atoms with E-state index in [1.807, 2.05) is 0 Å². The van der Waals surface area contributed by atoms with Gasteiger partial charge in [-0.2, -0.15) is 0 Å². The maximum Gasteiger partial charge on any atom is 0.460 e. The number of hydrogen-bond donors (Lipinski definition) is 0. The van der Waals surface area contributed by atoms with Gasteiger partial charge in [0.05, 0.1) is 19.3 Å². The molecule has 5 nitrogen and oxygen atoms in total. The summed E-state index contributed by atoms with van der Waals surface area (Å²) in [6.07, 6.45) is -0.811. The first-order valence-electron chi connectivity index (χ1n) is 4.38. The highest BCUT2D eigenvalue weighted by atomic mass is 17.0. The van der Waals surface area contributed by atoms with Crippen LogP contribution in [0.15, 0.2) is 0 Å². The molecular weight excluding hydrogens is 174 g/mol. The maximum absolute atomic E-state index is 11.2. The van der Waals surface area contributed by atoms with Gasteiger partial charge in [-0.1, -0.05) is 0 Å². The van der Waals surface area contributed by atoms with Crippen molar-refractivity contribution in [3.8, 4) is 0 Å². The lowest BCUT2D eigenvalue weighted by Gasteiger charge is -2.19. The molecule has 0 fully saturated rings. The second-order valence-electron chi connectivity index (χ2n) is 2.53. The summed E-state index contributed by atoms with van der Waals surface area (Å²) in [5.41, 5.74) is 0. The Morgan fingerprint density at radius 3 is 2.00 bits per heavy atom. The minimum atomic E-state index is -0.626. The summed E-state index contributed by atoms with van der Waals surface area (Å²) in [7, 11) is 0. The molecule has 78 valence electrons. The number of rotatable bonds is 5. The summed E-state index contributed by atoms with van der Waals surface area (Å²) < 4.78 is 4.85. The van der Waals surface area contributed by atoms with Gasteiger partial charge in [-0.25, -0.2) is 14.5 Å². The molecule has 0 aromatic carbocycles. The fourth-order valence-corrected chi connectivity index (χ4v) is 0.622. The first kappa shape index (κ1) is 12.2. The first-order chi connectivity index (χ1) is 6.11. The van der Waals surface area contributed by atoms with Gasteiger partial charge in [-0.3, -0.25) is 0 Å². The molecule has 0 atom stereocenters. The molecule has 0 aliphatic heterocycles. The normalized spacial score (nSPS) is 10.2. The van der Waals surface area contributed by atoms with Crippen LogP contribution >= 0.6 is 0 Å². The Hall–Kier alpha value is -0.810. The molecule has 0 saturated heterocycles. The van der Waals surface area contributed by atoms with Crippen LogP contribution in [0.25, 0.3) is 0 Å². The number of carbonyl (C=O) groups excluding carboxylic acids is 1. The van der Waals surface area contributed by atoms with Gasteiger partial charge >= 0.3 is 6.09 Å². The van der Waals surface area contributed by atoms with E-state index < -0.39 is 6.09 Å². The molecule has 0 radical (unpaired) electrons. The van der Waals surface area contributed by atoms with Crippen molar-refractivity contribution in [3.63, 3.8) is 0 Å². The number of ether oxygens (including phenoxy) is 1. The quantitative estimate of drug-likeness (QED) is 0.621. The molecule has 0 bridgehead atoms. The molecule has 0 N–H and O–H groups in total. The standard InChI is InChI=1S/C8H17NO4/c1-5-11-9(12-6-2)8(10)13-7(3)4/h7H,5-6H2,1-4H3. The minimum Gasteiger partial charge on any atom is -0.444 e. The van der Waals surface area contributed by atoms with Crippen LogP contribution in [0.1, 0.15) is 27.7 Å². The number of hydrogen-bond acceptors (Lipinski definition) is 4.